The zero-order valence-electron chi connectivity index (χ0n) is 18.3. The third-order valence-electron chi connectivity index (χ3n) is 4.33. The smallest absolute Gasteiger partial charge is 0.416 e. The Balaban J connectivity index is 1.94. The van der Waals surface area contributed by atoms with Gasteiger partial charge in [0, 0.05) is 17.3 Å². The molecule has 0 spiro atoms. The second kappa shape index (κ2) is 12.6. The summed E-state index contributed by atoms with van der Waals surface area (Å²) in [5.74, 6) is 0.837. The summed E-state index contributed by atoms with van der Waals surface area (Å²) in [7, 11) is 0. The highest BCUT2D eigenvalue weighted by molar-refractivity contribution is 7.99. The lowest BCUT2D eigenvalue weighted by Crippen LogP contribution is -2.15. The average Bonchev–Trinajstić information content (AvgIpc) is 2.75. The van der Waals surface area contributed by atoms with E-state index in [2.05, 4.69) is 0 Å². The molecular weight excluding hydrogens is 441 g/mol. The van der Waals surface area contributed by atoms with Gasteiger partial charge in [-0.1, -0.05) is 24.3 Å². The van der Waals surface area contributed by atoms with Gasteiger partial charge in [-0.15, -0.1) is 11.8 Å². The van der Waals surface area contributed by atoms with E-state index in [0.29, 0.717) is 30.3 Å². The highest BCUT2D eigenvalue weighted by atomic mass is 32.2. The van der Waals surface area contributed by atoms with E-state index in [4.69, 9.17) is 14.2 Å². The molecule has 1 atom stereocenters. The molecule has 4 nitrogen and oxygen atoms in total. The van der Waals surface area contributed by atoms with Gasteiger partial charge in [-0.3, -0.25) is 0 Å². The summed E-state index contributed by atoms with van der Waals surface area (Å²) in [6, 6.07) is 10.7. The van der Waals surface area contributed by atoms with Crippen LogP contribution in [0.4, 0.5) is 13.2 Å². The first kappa shape index (κ1) is 25.8. The second-order valence-corrected chi connectivity index (χ2v) is 7.90. The number of halogens is 3. The van der Waals surface area contributed by atoms with Gasteiger partial charge < -0.3 is 14.2 Å². The predicted molar refractivity (Wildman–Crippen MR) is 120 cm³/mol. The van der Waals surface area contributed by atoms with Crippen LogP contribution in [0.3, 0.4) is 0 Å². The van der Waals surface area contributed by atoms with Gasteiger partial charge in [-0.2, -0.15) is 13.2 Å². The third kappa shape index (κ3) is 8.59. The lowest BCUT2D eigenvalue weighted by Gasteiger charge is -2.14. The van der Waals surface area contributed by atoms with Gasteiger partial charge in [-0.25, -0.2) is 4.79 Å². The number of aryl methyl sites for hydroxylation is 1. The Morgan fingerprint density at radius 1 is 1.09 bits per heavy atom. The molecule has 0 N–H and O–H groups in total. The van der Waals surface area contributed by atoms with Crippen molar-refractivity contribution < 1.29 is 32.2 Å². The first-order valence-corrected chi connectivity index (χ1v) is 11.2. The fourth-order valence-corrected chi connectivity index (χ4v) is 3.75. The van der Waals surface area contributed by atoms with Gasteiger partial charge in [0.1, 0.15) is 5.75 Å². The molecule has 0 aliphatic carbocycles. The molecule has 0 bridgehead atoms. The van der Waals surface area contributed by atoms with Gasteiger partial charge in [-0.05, 0) is 62.2 Å². The minimum atomic E-state index is -4.34. The fraction of sp³-hybridized carbons (Fsp3) is 0.375. The van der Waals surface area contributed by atoms with Gasteiger partial charge in [0.2, 0.25) is 0 Å². The van der Waals surface area contributed by atoms with E-state index < -0.39 is 17.7 Å². The van der Waals surface area contributed by atoms with E-state index in [-0.39, 0.29) is 12.7 Å². The van der Waals surface area contributed by atoms with Crippen molar-refractivity contribution in [2.24, 2.45) is 0 Å². The molecule has 0 radical (unpaired) electrons. The number of carbonyl (C=O) groups excluding carboxylic acids is 1. The standard InChI is InChI=1S/C24H27F3O4S/c1-4-29-20(11-8-18-6-9-19(10-7-18)24(25,26)27)16-32-21-12-13-22(17(3)14-21)31-15-23(28)30-5-2/h6-14,20H,4-5,15-16H2,1-3H3. The van der Waals surface area contributed by atoms with Crippen LogP contribution in [0.5, 0.6) is 5.75 Å². The van der Waals surface area contributed by atoms with Crippen LogP contribution >= 0.6 is 11.8 Å². The zero-order valence-corrected chi connectivity index (χ0v) is 19.1. The van der Waals surface area contributed by atoms with Gasteiger partial charge in [0.25, 0.3) is 0 Å². The van der Waals surface area contributed by atoms with Crippen molar-refractivity contribution >= 4 is 23.8 Å². The number of esters is 1. The number of hydrogen-bond donors (Lipinski definition) is 0. The largest absolute Gasteiger partial charge is 0.482 e. The molecule has 0 heterocycles. The van der Waals surface area contributed by atoms with Crippen molar-refractivity contribution in [3.63, 3.8) is 0 Å². The number of hydrogen-bond acceptors (Lipinski definition) is 5. The first-order valence-electron chi connectivity index (χ1n) is 10.2. The Kier molecular flexibility index (Phi) is 10.1. The summed E-state index contributed by atoms with van der Waals surface area (Å²) in [6.45, 7) is 6.22. The molecule has 2 aromatic carbocycles. The van der Waals surface area contributed by atoms with Gasteiger partial charge >= 0.3 is 12.1 Å². The Morgan fingerprint density at radius 2 is 1.81 bits per heavy atom. The van der Waals surface area contributed by atoms with Crippen LogP contribution in [0.2, 0.25) is 0 Å². The zero-order chi connectivity index (χ0) is 23.6. The minimum Gasteiger partial charge on any atom is -0.482 e. The molecule has 1 unspecified atom stereocenters. The summed E-state index contributed by atoms with van der Waals surface area (Å²) in [4.78, 5) is 12.4. The summed E-state index contributed by atoms with van der Waals surface area (Å²) >= 11 is 1.59. The number of carbonyl (C=O) groups is 1. The van der Waals surface area contributed by atoms with E-state index in [0.717, 1.165) is 22.6 Å². The Labute approximate surface area is 190 Å². The van der Waals surface area contributed by atoms with Crippen molar-refractivity contribution in [3.05, 3.63) is 65.2 Å². The maximum absolute atomic E-state index is 12.7. The molecule has 0 aliphatic rings. The molecule has 2 aromatic rings. The van der Waals surface area contributed by atoms with E-state index in [9.17, 15) is 18.0 Å². The molecule has 2 rings (SSSR count). The number of alkyl halides is 3. The molecule has 0 aliphatic heterocycles. The quantitative estimate of drug-likeness (QED) is 0.292. The van der Waals surface area contributed by atoms with Crippen LogP contribution in [-0.4, -0.2) is 37.6 Å². The molecular formula is C24H27F3O4S. The van der Waals surface area contributed by atoms with Crippen LogP contribution in [0.15, 0.2) is 53.4 Å². The average molecular weight is 469 g/mol. The maximum Gasteiger partial charge on any atom is 0.416 e. The van der Waals surface area contributed by atoms with E-state index in [1.807, 2.05) is 38.1 Å². The number of ether oxygens (including phenoxy) is 3. The van der Waals surface area contributed by atoms with Gasteiger partial charge in [0.15, 0.2) is 6.61 Å². The van der Waals surface area contributed by atoms with Crippen LogP contribution in [0.1, 0.15) is 30.5 Å². The highest BCUT2D eigenvalue weighted by Crippen LogP contribution is 2.29. The first-order chi connectivity index (χ1) is 15.2. The molecule has 8 heteroatoms. The molecule has 0 saturated carbocycles. The SMILES string of the molecule is CCOC(=O)COc1ccc(SCC(C=Cc2ccc(C(F)(F)F)cc2)OCC)cc1C. The second-order valence-electron chi connectivity index (χ2n) is 6.80. The van der Waals surface area contributed by atoms with Crippen LogP contribution < -0.4 is 4.74 Å². The lowest BCUT2D eigenvalue weighted by molar-refractivity contribution is -0.145. The molecule has 0 saturated heterocycles. The number of rotatable bonds is 11. The van der Waals surface area contributed by atoms with Crippen LogP contribution in [-0.2, 0) is 20.4 Å². The Morgan fingerprint density at radius 3 is 2.41 bits per heavy atom. The summed E-state index contributed by atoms with van der Waals surface area (Å²) in [6.07, 6.45) is -0.932. The van der Waals surface area contributed by atoms with Gasteiger partial charge in [0.05, 0.1) is 18.3 Å². The highest BCUT2D eigenvalue weighted by Gasteiger charge is 2.29. The van der Waals surface area contributed by atoms with Crippen molar-refractivity contribution in [1.29, 1.82) is 0 Å². The molecule has 0 aromatic heterocycles. The van der Waals surface area contributed by atoms with E-state index in [1.54, 1.807) is 24.8 Å². The number of benzene rings is 2. The molecule has 0 fully saturated rings. The fourth-order valence-electron chi connectivity index (χ4n) is 2.77. The van der Waals surface area contributed by atoms with E-state index in [1.165, 1.54) is 12.1 Å². The van der Waals surface area contributed by atoms with E-state index >= 15 is 0 Å². The molecule has 174 valence electrons. The third-order valence-corrected chi connectivity index (χ3v) is 5.42. The normalized spacial score (nSPS) is 12.7. The van der Waals surface area contributed by atoms with Crippen molar-refractivity contribution in [2.45, 2.75) is 37.9 Å². The summed E-state index contributed by atoms with van der Waals surface area (Å²) in [5.41, 5.74) is 0.899. The van der Waals surface area contributed by atoms with Crippen LogP contribution in [0, 0.1) is 6.92 Å². The van der Waals surface area contributed by atoms with Crippen LogP contribution in [0.25, 0.3) is 6.08 Å². The Bertz CT molecular complexity index is 895. The predicted octanol–water partition coefficient (Wildman–Crippen LogP) is 6.17. The molecule has 0 amide bonds. The topological polar surface area (TPSA) is 44.8 Å². The molecule has 32 heavy (non-hydrogen) atoms. The lowest BCUT2D eigenvalue weighted by atomic mass is 10.1. The van der Waals surface area contributed by atoms with Crippen molar-refractivity contribution in [3.8, 4) is 5.75 Å². The monoisotopic (exact) mass is 468 g/mol. The van der Waals surface area contributed by atoms with Crippen molar-refractivity contribution in [2.75, 3.05) is 25.6 Å². The summed E-state index contributed by atoms with van der Waals surface area (Å²) in [5, 5.41) is 0. The minimum absolute atomic E-state index is 0.137. The Hall–Kier alpha value is -2.45. The number of thioether (sulfide) groups is 1. The summed E-state index contributed by atoms with van der Waals surface area (Å²) < 4.78 is 54.2. The van der Waals surface area contributed by atoms with Crippen molar-refractivity contribution in [1.82, 2.24) is 0 Å². The maximum atomic E-state index is 12.7.